The van der Waals surface area contributed by atoms with Gasteiger partial charge in [0.15, 0.2) is 0 Å². The highest BCUT2D eigenvalue weighted by atomic mass is 14.8. The van der Waals surface area contributed by atoms with Gasteiger partial charge in [0.1, 0.15) is 0 Å². The van der Waals surface area contributed by atoms with Gasteiger partial charge in [0.2, 0.25) is 0 Å². The summed E-state index contributed by atoms with van der Waals surface area (Å²) in [6, 6.07) is 0. The van der Waals surface area contributed by atoms with Gasteiger partial charge in [-0.3, -0.25) is 9.98 Å². The second-order valence-corrected chi connectivity index (χ2v) is 2.37. The molecule has 1 atom stereocenters. The Balaban J connectivity index is 2.29. The Bertz CT molecular complexity index is 201. The molecular weight excluding hydrogens is 112 g/mol. The van der Waals surface area contributed by atoms with Gasteiger partial charge in [-0.05, 0) is 12.0 Å². The van der Waals surface area contributed by atoms with Crippen molar-refractivity contribution in [2.45, 2.75) is 6.42 Å². The van der Waals surface area contributed by atoms with Crippen LogP contribution in [0, 0.1) is 5.92 Å². The highest BCUT2D eigenvalue weighted by Crippen LogP contribution is 2.20. The molecule has 0 radical (unpaired) electrons. The summed E-state index contributed by atoms with van der Waals surface area (Å²) in [4.78, 5) is 8.21. The highest BCUT2D eigenvalue weighted by Gasteiger charge is 2.16. The van der Waals surface area contributed by atoms with Crippen molar-refractivity contribution in [3.05, 3.63) is 11.8 Å². The molecule has 2 heterocycles. The van der Waals surface area contributed by atoms with Gasteiger partial charge in [-0.15, -0.1) is 0 Å². The molecule has 0 aromatic carbocycles. The molecule has 9 heavy (non-hydrogen) atoms. The normalized spacial score (nSPS) is 30.2. The molecule has 0 spiro atoms. The van der Waals surface area contributed by atoms with Gasteiger partial charge in [0.25, 0.3) is 0 Å². The molecule has 0 bridgehead atoms. The Labute approximate surface area is 54.0 Å². The van der Waals surface area contributed by atoms with Crippen LogP contribution in [-0.4, -0.2) is 19.0 Å². The fourth-order valence-electron chi connectivity index (χ4n) is 1.17. The number of hydrogen-bond donors (Lipinski definition) is 0. The number of nitrogens with zero attached hydrogens (tertiary/aromatic N) is 2. The summed E-state index contributed by atoms with van der Waals surface area (Å²) >= 11 is 0. The van der Waals surface area contributed by atoms with Gasteiger partial charge in [0.05, 0.1) is 6.54 Å². The molecule has 0 aromatic heterocycles. The molecule has 2 heteroatoms. The van der Waals surface area contributed by atoms with E-state index in [2.05, 4.69) is 9.98 Å². The van der Waals surface area contributed by atoms with E-state index in [9.17, 15) is 0 Å². The fraction of sp³-hybridized carbons (Fsp3) is 0.429. The number of fused-ring (bicyclic) bond motifs is 1. The molecule has 0 aromatic rings. The van der Waals surface area contributed by atoms with Gasteiger partial charge < -0.3 is 0 Å². The molecule has 2 aliphatic rings. The van der Waals surface area contributed by atoms with Gasteiger partial charge in [-0.1, -0.05) is 0 Å². The molecule has 2 rings (SSSR count). The Morgan fingerprint density at radius 2 is 2.56 bits per heavy atom. The second-order valence-electron chi connectivity index (χ2n) is 2.37. The molecule has 0 saturated carbocycles. The van der Waals surface area contributed by atoms with Gasteiger partial charge >= 0.3 is 0 Å². The fourth-order valence-corrected chi connectivity index (χ4v) is 1.17. The number of rotatable bonds is 0. The predicted molar refractivity (Wildman–Crippen MR) is 38.0 cm³/mol. The van der Waals surface area contributed by atoms with Gasteiger partial charge in [-0.2, -0.15) is 0 Å². The Morgan fingerprint density at radius 1 is 1.56 bits per heavy atom. The minimum atomic E-state index is 0.586. The first-order valence-electron chi connectivity index (χ1n) is 3.17. The third kappa shape index (κ3) is 0.707. The van der Waals surface area contributed by atoms with Crippen LogP contribution >= 0.6 is 0 Å². The quantitative estimate of drug-likeness (QED) is 0.456. The lowest BCUT2D eigenvalue weighted by Gasteiger charge is -2.07. The second kappa shape index (κ2) is 1.79. The summed E-state index contributed by atoms with van der Waals surface area (Å²) in [7, 11) is 0. The topological polar surface area (TPSA) is 24.7 Å². The van der Waals surface area contributed by atoms with Crippen LogP contribution in [0.25, 0.3) is 0 Å². The summed E-state index contributed by atoms with van der Waals surface area (Å²) in [6.07, 6.45) is 6.96. The van der Waals surface area contributed by atoms with Crippen LogP contribution < -0.4 is 0 Å². The molecule has 1 unspecified atom stereocenters. The minimum Gasteiger partial charge on any atom is -0.292 e. The van der Waals surface area contributed by atoms with Gasteiger partial charge in [-0.25, -0.2) is 0 Å². The van der Waals surface area contributed by atoms with Crippen LogP contribution in [0.15, 0.2) is 21.8 Å². The van der Waals surface area contributed by atoms with E-state index in [-0.39, 0.29) is 0 Å². The number of hydrogen-bond acceptors (Lipinski definition) is 2. The third-order valence-electron chi connectivity index (χ3n) is 1.74. The average Bonchev–Trinajstić information content (AvgIpc) is 2.33. The zero-order valence-corrected chi connectivity index (χ0v) is 5.12. The van der Waals surface area contributed by atoms with Crippen molar-refractivity contribution in [1.29, 1.82) is 0 Å². The molecule has 2 aliphatic heterocycles. The van der Waals surface area contributed by atoms with Crippen LogP contribution in [0.5, 0.6) is 0 Å². The van der Waals surface area contributed by atoms with Crippen molar-refractivity contribution in [1.82, 2.24) is 0 Å². The van der Waals surface area contributed by atoms with Crippen molar-refractivity contribution in [3.63, 3.8) is 0 Å². The molecule has 0 aliphatic carbocycles. The van der Waals surface area contributed by atoms with E-state index in [0.717, 1.165) is 13.0 Å². The molecule has 0 saturated heterocycles. The lowest BCUT2D eigenvalue weighted by molar-refractivity contribution is 0.868. The molecular formula is C7H8N2. The molecule has 0 fully saturated rings. The number of aliphatic imine (C=N–C) groups is 2. The van der Waals surface area contributed by atoms with Crippen molar-refractivity contribution in [2.24, 2.45) is 15.9 Å². The maximum absolute atomic E-state index is 4.15. The predicted octanol–water partition coefficient (Wildman–Crippen LogP) is 1.05. The molecule has 2 nitrogen and oxygen atoms in total. The largest absolute Gasteiger partial charge is 0.292 e. The van der Waals surface area contributed by atoms with E-state index in [1.807, 2.05) is 18.6 Å². The maximum Gasteiger partial charge on any atom is 0.0620 e. The average molecular weight is 120 g/mol. The SMILES string of the molecule is C1=NC=C2CN=CC2C1. The zero-order chi connectivity index (χ0) is 6.10. The Hall–Kier alpha value is -0.920. The summed E-state index contributed by atoms with van der Waals surface area (Å²) in [5, 5.41) is 0. The van der Waals surface area contributed by atoms with Crippen molar-refractivity contribution in [3.8, 4) is 0 Å². The Morgan fingerprint density at radius 3 is 3.44 bits per heavy atom. The van der Waals surface area contributed by atoms with Crippen LogP contribution in [0.3, 0.4) is 0 Å². The maximum atomic E-state index is 4.15. The van der Waals surface area contributed by atoms with Crippen LogP contribution in [-0.2, 0) is 0 Å². The summed E-state index contributed by atoms with van der Waals surface area (Å²) in [6.45, 7) is 0.877. The summed E-state index contributed by atoms with van der Waals surface area (Å²) in [5.74, 6) is 0.586. The zero-order valence-electron chi connectivity index (χ0n) is 5.12. The third-order valence-corrected chi connectivity index (χ3v) is 1.74. The van der Waals surface area contributed by atoms with E-state index in [4.69, 9.17) is 0 Å². The van der Waals surface area contributed by atoms with Crippen molar-refractivity contribution >= 4 is 12.4 Å². The van der Waals surface area contributed by atoms with Crippen molar-refractivity contribution in [2.75, 3.05) is 6.54 Å². The lowest BCUT2D eigenvalue weighted by Crippen LogP contribution is -2.05. The van der Waals surface area contributed by atoms with E-state index >= 15 is 0 Å². The molecule has 46 valence electrons. The highest BCUT2D eigenvalue weighted by molar-refractivity contribution is 5.76. The van der Waals surface area contributed by atoms with Gasteiger partial charge in [0, 0.05) is 24.5 Å². The summed E-state index contributed by atoms with van der Waals surface area (Å²) in [5.41, 5.74) is 1.37. The minimum absolute atomic E-state index is 0.586. The van der Waals surface area contributed by atoms with E-state index < -0.39 is 0 Å². The smallest absolute Gasteiger partial charge is 0.0620 e. The van der Waals surface area contributed by atoms with E-state index in [0.29, 0.717) is 5.92 Å². The van der Waals surface area contributed by atoms with Crippen molar-refractivity contribution < 1.29 is 0 Å². The summed E-state index contributed by atoms with van der Waals surface area (Å²) < 4.78 is 0. The van der Waals surface area contributed by atoms with Crippen LogP contribution in [0.1, 0.15) is 6.42 Å². The molecule has 0 N–H and O–H groups in total. The first kappa shape index (κ1) is 4.91. The van der Waals surface area contributed by atoms with Crippen LogP contribution in [0.2, 0.25) is 0 Å². The first-order chi connectivity index (χ1) is 4.47. The Kier molecular flexibility index (Phi) is 0.979. The molecule has 0 amide bonds. The first-order valence-corrected chi connectivity index (χ1v) is 3.17. The van der Waals surface area contributed by atoms with E-state index in [1.165, 1.54) is 5.57 Å². The van der Waals surface area contributed by atoms with E-state index in [1.54, 1.807) is 0 Å². The monoisotopic (exact) mass is 120 g/mol. The standard InChI is InChI=1S/C7H8N2/c1-2-8-4-7-5-9-3-6(1)7/h2-4,6H,1,5H2. The lowest BCUT2D eigenvalue weighted by atomic mass is 9.99. The van der Waals surface area contributed by atoms with Crippen LogP contribution in [0.4, 0.5) is 0 Å².